The first-order valence-corrected chi connectivity index (χ1v) is 7.42. The number of imidazole rings is 1. The van der Waals surface area contributed by atoms with E-state index in [2.05, 4.69) is 9.97 Å². The highest BCUT2D eigenvalue weighted by Gasteiger charge is 2.36. The summed E-state index contributed by atoms with van der Waals surface area (Å²) in [7, 11) is -3.42. The van der Waals surface area contributed by atoms with E-state index in [-0.39, 0.29) is 17.1 Å². The summed E-state index contributed by atoms with van der Waals surface area (Å²) in [6, 6.07) is 0.125. The number of aromatic nitrogens is 2. The topological polar surface area (TPSA) is 66.1 Å². The van der Waals surface area contributed by atoms with Crippen molar-refractivity contribution in [2.45, 2.75) is 57.1 Å². The van der Waals surface area contributed by atoms with Gasteiger partial charge in [-0.3, -0.25) is 0 Å². The number of aromatic amines is 1. The predicted molar refractivity (Wildman–Crippen MR) is 65.1 cm³/mol. The molecule has 0 bridgehead atoms. The zero-order valence-electron chi connectivity index (χ0n) is 10.5. The molecule has 2 unspecified atom stereocenters. The number of hydrogen-bond donors (Lipinski definition) is 1. The summed E-state index contributed by atoms with van der Waals surface area (Å²) in [5.74, 6) is 0.626. The fourth-order valence-corrected chi connectivity index (χ4v) is 4.36. The number of nitrogens with zero attached hydrogens (tertiary/aromatic N) is 2. The molecule has 0 aromatic carbocycles. The van der Waals surface area contributed by atoms with Crippen LogP contribution in [-0.2, 0) is 10.0 Å². The lowest BCUT2D eigenvalue weighted by Gasteiger charge is -2.37. The molecule has 96 valence electrons. The lowest BCUT2D eigenvalue weighted by atomic mass is 10.0. The van der Waals surface area contributed by atoms with Crippen LogP contribution in [0.25, 0.3) is 0 Å². The minimum Gasteiger partial charge on any atom is -0.332 e. The van der Waals surface area contributed by atoms with Crippen LogP contribution in [0.2, 0.25) is 0 Å². The van der Waals surface area contributed by atoms with E-state index in [1.165, 1.54) is 6.20 Å². The van der Waals surface area contributed by atoms with E-state index >= 15 is 0 Å². The quantitative estimate of drug-likeness (QED) is 0.876. The van der Waals surface area contributed by atoms with Gasteiger partial charge in [0.25, 0.3) is 10.0 Å². The third kappa shape index (κ3) is 2.24. The van der Waals surface area contributed by atoms with E-state index < -0.39 is 10.0 Å². The molecule has 1 fully saturated rings. The Hall–Kier alpha value is -0.880. The number of sulfonamides is 1. The maximum Gasteiger partial charge on any atom is 0.260 e. The molecule has 1 aromatic heterocycles. The molecule has 1 saturated heterocycles. The van der Waals surface area contributed by atoms with Gasteiger partial charge in [-0.25, -0.2) is 13.4 Å². The first-order valence-electron chi connectivity index (χ1n) is 5.98. The molecule has 0 aliphatic carbocycles. The first kappa shape index (κ1) is 12.6. The van der Waals surface area contributed by atoms with Crippen molar-refractivity contribution >= 4 is 10.0 Å². The van der Waals surface area contributed by atoms with E-state index in [1.807, 2.05) is 13.8 Å². The summed E-state index contributed by atoms with van der Waals surface area (Å²) < 4.78 is 26.6. The van der Waals surface area contributed by atoms with Crippen molar-refractivity contribution in [2.24, 2.45) is 0 Å². The van der Waals surface area contributed by atoms with Crippen LogP contribution in [0.3, 0.4) is 0 Å². The minimum atomic E-state index is -3.42. The Morgan fingerprint density at radius 1 is 1.35 bits per heavy atom. The van der Waals surface area contributed by atoms with Crippen LogP contribution in [0, 0.1) is 6.92 Å². The first-order chi connectivity index (χ1) is 7.93. The van der Waals surface area contributed by atoms with Crippen LogP contribution in [0.1, 0.15) is 38.9 Å². The summed E-state index contributed by atoms with van der Waals surface area (Å²) >= 11 is 0. The number of nitrogens with one attached hydrogen (secondary N) is 1. The monoisotopic (exact) mass is 257 g/mol. The van der Waals surface area contributed by atoms with E-state index in [4.69, 9.17) is 0 Å². The van der Waals surface area contributed by atoms with Crippen LogP contribution >= 0.6 is 0 Å². The molecule has 0 saturated carbocycles. The van der Waals surface area contributed by atoms with Crippen LogP contribution in [0.4, 0.5) is 0 Å². The summed E-state index contributed by atoms with van der Waals surface area (Å²) in [5.41, 5.74) is 0. The van der Waals surface area contributed by atoms with Gasteiger partial charge in [0, 0.05) is 12.1 Å². The molecule has 0 spiro atoms. The SMILES string of the molecule is Cc1ncc(S(=O)(=O)N2C(C)CCCC2C)[nH]1. The lowest BCUT2D eigenvalue weighted by Crippen LogP contribution is -2.47. The molecule has 2 heterocycles. The Bertz CT molecular complexity index is 485. The third-order valence-corrected chi connectivity index (χ3v) is 5.39. The fraction of sp³-hybridized carbons (Fsp3) is 0.727. The van der Waals surface area contributed by atoms with E-state index in [9.17, 15) is 8.42 Å². The average molecular weight is 257 g/mol. The van der Waals surface area contributed by atoms with Crippen LogP contribution in [0.5, 0.6) is 0 Å². The largest absolute Gasteiger partial charge is 0.332 e. The normalized spacial score (nSPS) is 27.2. The molecule has 0 amide bonds. The van der Waals surface area contributed by atoms with Gasteiger partial charge in [-0.1, -0.05) is 6.42 Å². The van der Waals surface area contributed by atoms with Gasteiger partial charge in [0.1, 0.15) is 5.82 Å². The van der Waals surface area contributed by atoms with E-state index in [0.29, 0.717) is 5.82 Å². The zero-order chi connectivity index (χ0) is 12.6. The van der Waals surface area contributed by atoms with Gasteiger partial charge in [0.15, 0.2) is 5.03 Å². The smallest absolute Gasteiger partial charge is 0.260 e. The van der Waals surface area contributed by atoms with Crippen molar-refractivity contribution in [3.8, 4) is 0 Å². The van der Waals surface area contributed by atoms with Crippen molar-refractivity contribution in [1.29, 1.82) is 0 Å². The molecule has 2 atom stereocenters. The second-order valence-corrected chi connectivity index (χ2v) is 6.61. The van der Waals surface area contributed by atoms with Crippen molar-refractivity contribution in [3.05, 3.63) is 12.0 Å². The van der Waals surface area contributed by atoms with Gasteiger partial charge in [-0.2, -0.15) is 4.31 Å². The number of aryl methyl sites for hydroxylation is 1. The Morgan fingerprint density at radius 2 is 1.94 bits per heavy atom. The summed E-state index contributed by atoms with van der Waals surface area (Å²) in [5, 5.41) is 0.204. The van der Waals surface area contributed by atoms with E-state index in [1.54, 1.807) is 11.2 Å². The highest BCUT2D eigenvalue weighted by atomic mass is 32.2. The Kier molecular flexibility index (Phi) is 3.27. The molecule has 5 nitrogen and oxygen atoms in total. The van der Waals surface area contributed by atoms with Crippen molar-refractivity contribution < 1.29 is 8.42 Å². The summed E-state index contributed by atoms with van der Waals surface area (Å²) in [6.07, 6.45) is 4.35. The van der Waals surface area contributed by atoms with Gasteiger partial charge in [-0.15, -0.1) is 0 Å². The van der Waals surface area contributed by atoms with Crippen LogP contribution < -0.4 is 0 Å². The number of H-pyrrole nitrogens is 1. The molecule has 1 N–H and O–H groups in total. The molecule has 17 heavy (non-hydrogen) atoms. The summed E-state index contributed by atoms with van der Waals surface area (Å²) in [6.45, 7) is 5.69. The molecule has 1 aliphatic rings. The van der Waals surface area contributed by atoms with Gasteiger partial charge < -0.3 is 4.98 Å². The highest BCUT2D eigenvalue weighted by Crippen LogP contribution is 2.28. The van der Waals surface area contributed by atoms with Crippen LogP contribution in [0.15, 0.2) is 11.2 Å². The zero-order valence-corrected chi connectivity index (χ0v) is 11.3. The molecule has 1 aromatic rings. The average Bonchev–Trinajstić information content (AvgIpc) is 2.64. The number of rotatable bonds is 2. The second kappa shape index (κ2) is 4.42. The highest BCUT2D eigenvalue weighted by molar-refractivity contribution is 7.89. The molecular formula is C11H19N3O2S. The maximum absolute atomic E-state index is 12.5. The van der Waals surface area contributed by atoms with Gasteiger partial charge in [-0.05, 0) is 33.6 Å². The molecule has 6 heteroatoms. The Morgan fingerprint density at radius 3 is 2.41 bits per heavy atom. The van der Waals surface area contributed by atoms with Crippen LogP contribution in [-0.4, -0.2) is 34.8 Å². The Balaban J connectivity index is 2.37. The molecular weight excluding hydrogens is 238 g/mol. The van der Waals surface area contributed by atoms with E-state index in [0.717, 1.165) is 19.3 Å². The number of hydrogen-bond acceptors (Lipinski definition) is 3. The van der Waals surface area contributed by atoms with Crippen molar-refractivity contribution in [2.75, 3.05) is 0 Å². The second-order valence-electron chi connectivity index (χ2n) is 4.80. The Labute approximate surface area is 102 Å². The van der Waals surface area contributed by atoms with Crippen molar-refractivity contribution in [3.63, 3.8) is 0 Å². The standard InChI is InChI=1S/C11H19N3O2S/c1-8-5-4-6-9(2)14(8)17(15,16)11-7-12-10(3)13-11/h7-9H,4-6H2,1-3H3,(H,12,13). The molecule has 0 radical (unpaired) electrons. The van der Waals surface area contributed by atoms with Gasteiger partial charge in [0.2, 0.25) is 0 Å². The third-order valence-electron chi connectivity index (χ3n) is 3.35. The molecule has 1 aliphatic heterocycles. The number of piperidine rings is 1. The van der Waals surface area contributed by atoms with Gasteiger partial charge >= 0.3 is 0 Å². The summed E-state index contributed by atoms with van der Waals surface area (Å²) in [4.78, 5) is 6.78. The minimum absolute atomic E-state index is 0.0624. The fourth-order valence-electron chi connectivity index (χ4n) is 2.51. The van der Waals surface area contributed by atoms with Gasteiger partial charge in [0.05, 0.1) is 6.20 Å². The predicted octanol–water partition coefficient (Wildman–Crippen LogP) is 1.67. The maximum atomic E-state index is 12.5. The lowest BCUT2D eigenvalue weighted by molar-refractivity contribution is 0.204. The molecule has 2 rings (SSSR count). The van der Waals surface area contributed by atoms with Crippen molar-refractivity contribution in [1.82, 2.24) is 14.3 Å².